The molecule has 0 bridgehead atoms. The number of aromatic nitrogens is 1. The number of rotatable bonds is 4. The number of hydrogen-bond donors (Lipinski definition) is 2. The first-order valence-corrected chi connectivity index (χ1v) is 6.69. The Morgan fingerprint density at radius 2 is 2.06 bits per heavy atom. The molecule has 0 aliphatic heterocycles. The van der Waals surface area contributed by atoms with Crippen molar-refractivity contribution in [1.82, 2.24) is 10.3 Å². The highest BCUT2D eigenvalue weighted by Crippen LogP contribution is 2.24. The molecule has 2 nitrogen and oxygen atoms in total. The van der Waals surface area contributed by atoms with Crippen molar-refractivity contribution in [2.24, 2.45) is 5.92 Å². The molecule has 1 aliphatic rings. The van der Waals surface area contributed by atoms with Gasteiger partial charge in [-0.3, -0.25) is 0 Å². The second-order valence-corrected chi connectivity index (χ2v) is 5.14. The molecule has 1 aromatic carbocycles. The van der Waals surface area contributed by atoms with Crippen LogP contribution in [0.1, 0.15) is 31.2 Å². The molecule has 17 heavy (non-hydrogen) atoms. The summed E-state index contributed by atoms with van der Waals surface area (Å²) in [5.41, 5.74) is 2.65. The van der Waals surface area contributed by atoms with Crippen LogP contribution in [0.2, 0.25) is 0 Å². The molecule has 3 rings (SSSR count). The first-order chi connectivity index (χ1) is 8.43. The van der Waals surface area contributed by atoms with E-state index in [1.165, 1.54) is 48.7 Å². The second-order valence-electron chi connectivity index (χ2n) is 5.14. The van der Waals surface area contributed by atoms with Gasteiger partial charge < -0.3 is 10.3 Å². The first-order valence-electron chi connectivity index (χ1n) is 6.69. The van der Waals surface area contributed by atoms with Crippen LogP contribution in [0.15, 0.2) is 30.5 Å². The molecule has 0 unspecified atom stereocenters. The van der Waals surface area contributed by atoms with Gasteiger partial charge in [0.1, 0.15) is 0 Å². The summed E-state index contributed by atoms with van der Waals surface area (Å²) in [6.07, 6.45) is 7.72. The van der Waals surface area contributed by atoms with Gasteiger partial charge in [-0.2, -0.15) is 0 Å². The molecule has 1 saturated carbocycles. The van der Waals surface area contributed by atoms with Gasteiger partial charge in [-0.05, 0) is 43.0 Å². The lowest BCUT2D eigenvalue weighted by Crippen LogP contribution is -2.20. The van der Waals surface area contributed by atoms with E-state index >= 15 is 0 Å². The quantitative estimate of drug-likeness (QED) is 0.824. The van der Waals surface area contributed by atoms with Gasteiger partial charge in [0.15, 0.2) is 0 Å². The summed E-state index contributed by atoms with van der Waals surface area (Å²) in [5.74, 6) is 0.917. The fourth-order valence-corrected chi connectivity index (χ4v) is 2.93. The molecule has 0 radical (unpaired) electrons. The first kappa shape index (κ1) is 10.8. The molecule has 0 spiro atoms. The van der Waals surface area contributed by atoms with Gasteiger partial charge in [0.25, 0.3) is 0 Å². The third kappa shape index (κ3) is 2.37. The Hall–Kier alpha value is -1.28. The highest BCUT2D eigenvalue weighted by atomic mass is 14.9. The van der Waals surface area contributed by atoms with Gasteiger partial charge in [-0.1, -0.05) is 25.0 Å². The third-order valence-corrected chi connectivity index (χ3v) is 3.91. The van der Waals surface area contributed by atoms with Gasteiger partial charge in [-0.15, -0.1) is 0 Å². The Balaban J connectivity index is 1.62. The lowest BCUT2D eigenvalue weighted by Gasteiger charge is -2.11. The number of nitrogens with one attached hydrogen (secondary N) is 2. The van der Waals surface area contributed by atoms with Crippen LogP contribution in [-0.4, -0.2) is 11.5 Å². The summed E-state index contributed by atoms with van der Waals surface area (Å²) in [6.45, 7) is 2.17. The molecular formula is C15H20N2. The highest BCUT2D eigenvalue weighted by Gasteiger charge is 2.14. The van der Waals surface area contributed by atoms with E-state index in [1.807, 2.05) is 6.20 Å². The minimum absolute atomic E-state index is 0.917. The summed E-state index contributed by atoms with van der Waals surface area (Å²) in [6, 6.07) is 8.65. The number of fused-ring (bicyclic) bond motifs is 1. The molecular weight excluding hydrogens is 208 g/mol. The fourth-order valence-electron chi connectivity index (χ4n) is 2.93. The van der Waals surface area contributed by atoms with Crippen molar-refractivity contribution in [2.75, 3.05) is 6.54 Å². The Bertz CT molecular complexity index is 480. The van der Waals surface area contributed by atoms with Crippen molar-refractivity contribution in [3.63, 3.8) is 0 Å². The highest BCUT2D eigenvalue weighted by molar-refractivity contribution is 5.82. The molecule has 1 aromatic heterocycles. The summed E-state index contributed by atoms with van der Waals surface area (Å²) in [4.78, 5) is 3.26. The van der Waals surface area contributed by atoms with Crippen LogP contribution < -0.4 is 5.32 Å². The van der Waals surface area contributed by atoms with Crippen LogP contribution in [0, 0.1) is 5.92 Å². The molecule has 1 heterocycles. The second kappa shape index (κ2) is 4.92. The van der Waals surface area contributed by atoms with Crippen molar-refractivity contribution in [3.05, 3.63) is 36.0 Å². The minimum atomic E-state index is 0.917. The summed E-state index contributed by atoms with van der Waals surface area (Å²) < 4.78 is 0. The van der Waals surface area contributed by atoms with Crippen molar-refractivity contribution in [2.45, 2.75) is 32.2 Å². The largest absolute Gasteiger partial charge is 0.361 e. The molecule has 0 atom stereocenters. The van der Waals surface area contributed by atoms with Gasteiger partial charge in [0.2, 0.25) is 0 Å². The Morgan fingerprint density at radius 1 is 1.18 bits per heavy atom. The average molecular weight is 228 g/mol. The van der Waals surface area contributed by atoms with Gasteiger partial charge >= 0.3 is 0 Å². The van der Waals surface area contributed by atoms with Gasteiger partial charge in [-0.25, -0.2) is 0 Å². The molecule has 2 heteroatoms. The maximum absolute atomic E-state index is 3.61. The van der Waals surface area contributed by atoms with E-state index in [-0.39, 0.29) is 0 Å². The fraction of sp³-hybridized carbons (Fsp3) is 0.467. The summed E-state index contributed by atoms with van der Waals surface area (Å²) in [5, 5.41) is 4.96. The summed E-state index contributed by atoms with van der Waals surface area (Å²) >= 11 is 0. The van der Waals surface area contributed by atoms with Crippen LogP contribution in [0.3, 0.4) is 0 Å². The topological polar surface area (TPSA) is 27.8 Å². The van der Waals surface area contributed by atoms with E-state index in [2.05, 4.69) is 34.6 Å². The zero-order valence-electron chi connectivity index (χ0n) is 10.2. The maximum atomic E-state index is 3.61. The lowest BCUT2D eigenvalue weighted by atomic mass is 10.1. The van der Waals surface area contributed by atoms with Crippen molar-refractivity contribution < 1.29 is 0 Å². The van der Waals surface area contributed by atoms with E-state index < -0.39 is 0 Å². The zero-order chi connectivity index (χ0) is 11.5. The van der Waals surface area contributed by atoms with Crippen molar-refractivity contribution >= 4 is 10.9 Å². The average Bonchev–Trinajstić information content (AvgIpc) is 2.99. The molecule has 2 aromatic rings. The standard InChI is InChI=1S/C15H20N2/c1-2-5-12(4-1)10-16-11-13-6-3-7-15-14(13)8-9-17-15/h3,6-9,12,16-17H,1-2,4-5,10-11H2. The Morgan fingerprint density at radius 3 is 2.94 bits per heavy atom. The Labute approximate surface area is 102 Å². The predicted molar refractivity (Wildman–Crippen MR) is 72.0 cm³/mol. The van der Waals surface area contributed by atoms with Gasteiger partial charge in [0.05, 0.1) is 0 Å². The SMILES string of the molecule is c1cc(CNCC2CCCC2)c2cc[nH]c2c1. The monoisotopic (exact) mass is 228 g/mol. The number of benzene rings is 1. The number of aromatic amines is 1. The van der Waals surface area contributed by atoms with E-state index in [1.54, 1.807) is 0 Å². The molecule has 1 fully saturated rings. The number of H-pyrrole nitrogens is 1. The van der Waals surface area contributed by atoms with Crippen LogP contribution in [0.5, 0.6) is 0 Å². The van der Waals surface area contributed by atoms with Crippen LogP contribution in [-0.2, 0) is 6.54 Å². The predicted octanol–water partition coefficient (Wildman–Crippen LogP) is 3.45. The van der Waals surface area contributed by atoms with E-state index in [0.29, 0.717) is 0 Å². The zero-order valence-corrected chi connectivity index (χ0v) is 10.2. The van der Waals surface area contributed by atoms with Crippen LogP contribution in [0.25, 0.3) is 10.9 Å². The van der Waals surface area contributed by atoms with Gasteiger partial charge in [0, 0.05) is 23.6 Å². The molecule has 0 saturated heterocycles. The van der Waals surface area contributed by atoms with Crippen molar-refractivity contribution in [1.29, 1.82) is 0 Å². The molecule has 2 N–H and O–H groups in total. The van der Waals surface area contributed by atoms with Crippen LogP contribution >= 0.6 is 0 Å². The number of hydrogen-bond acceptors (Lipinski definition) is 1. The minimum Gasteiger partial charge on any atom is -0.361 e. The summed E-state index contributed by atoms with van der Waals surface area (Å²) in [7, 11) is 0. The third-order valence-electron chi connectivity index (χ3n) is 3.91. The lowest BCUT2D eigenvalue weighted by molar-refractivity contribution is 0.490. The normalized spacial score (nSPS) is 16.9. The van der Waals surface area contributed by atoms with E-state index in [0.717, 1.165) is 12.5 Å². The smallest absolute Gasteiger partial charge is 0.0457 e. The Kier molecular flexibility index (Phi) is 3.14. The van der Waals surface area contributed by atoms with E-state index in [4.69, 9.17) is 0 Å². The van der Waals surface area contributed by atoms with E-state index in [9.17, 15) is 0 Å². The van der Waals surface area contributed by atoms with Crippen molar-refractivity contribution in [3.8, 4) is 0 Å². The molecule has 1 aliphatic carbocycles. The maximum Gasteiger partial charge on any atom is 0.0457 e. The molecule has 0 amide bonds. The molecule has 90 valence electrons. The van der Waals surface area contributed by atoms with Crippen LogP contribution in [0.4, 0.5) is 0 Å².